The number of aliphatic carboxylic acids is 2. The van der Waals surface area contributed by atoms with Gasteiger partial charge in [0, 0.05) is 31.4 Å². The van der Waals surface area contributed by atoms with E-state index in [4.69, 9.17) is 27.1 Å². The second-order valence-electron chi connectivity index (χ2n) is 15.9. The van der Waals surface area contributed by atoms with Gasteiger partial charge >= 0.3 is 18.1 Å². The second kappa shape index (κ2) is 28.3. The molecule has 0 aromatic carbocycles. The highest BCUT2D eigenvalue weighted by atomic mass is 32.2. The van der Waals surface area contributed by atoms with Crippen molar-refractivity contribution in [1.29, 1.82) is 0 Å². The number of guanidine groups is 1. The highest BCUT2D eigenvalue weighted by Gasteiger charge is 2.40. The van der Waals surface area contributed by atoms with E-state index < -0.39 is 102 Å². The van der Waals surface area contributed by atoms with Gasteiger partial charge in [-0.15, -0.1) is 0 Å². The number of carbonyl (C=O) groups is 8. The lowest BCUT2D eigenvalue weighted by Crippen LogP contribution is -2.60. The minimum absolute atomic E-state index is 0.0239. The van der Waals surface area contributed by atoms with Gasteiger partial charge < -0.3 is 63.9 Å². The second-order valence-corrected chi connectivity index (χ2v) is 16.9. The van der Waals surface area contributed by atoms with E-state index in [9.17, 15) is 51.8 Å². The number of nitrogens with two attached hydrogens (primary N) is 3. The molecule has 6 amide bonds. The van der Waals surface area contributed by atoms with Gasteiger partial charge in [0.1, 0.15) is 36.3 Å². The Hall–Kier alpha value is -5.66. The molecule has 1 aromatic heterocycles. The zero-order valence-corrected chi connectivity index (χ0v) is 38.2. The Morgan fingerprint density at radius 1 is 0.908 bits per heavy atom. The average Bonchev–Trinajstić information content (AvgIpc) is 3.94. The molecule has 0 aliphatic carbocycles. The number of halogens is 3. The molecule has 1 saturated heterocycles. The molecule has 14 N–H and O–H groups in total. The van der Waals surface area contributed by atoms with Gasteiger partial charge in [-0.1, -0.05) is 34.1 Å². The summed E-state index contributed by atoms with van der Waals surface area (Å²) in [6.45, 7) is 9.32. The van der Waals surface area contributed by atoms with Crippen LogP contribution in [0.5, 0.6) is 0 Å². The van der Waals surface area contributed by atoms with E-state index in [-0.39, 0.29) is 50.7 Å². The van der Waals surface area contributed by atoms with Crippen molar-refractivity contribution in [2.24, 2.45) is 34.0 Å². The van der Waals surface area contributed by atoms with Gasteiger partial charge in [0.25, 0.3) is 0 Å². The number of carboxylic acids is 2. The fourth-order valence-electron chi connectivity index (χ4n) is 6.35. The Bertz CT molecular complexity index is 1770. The number of H-pyrrole nitrogens is 1. The van der Waals surface area contributed by atoms with Crippen molar-refractivity contribution in [2.75, 3.05) is 25.1 Å². The van der Waals surface area contributed by atoms with Crippen molar-refractivity contribution in [3.05, 3.63) is 18.2 Å². The van der Waals surface area contributed by atoms with Crippen molar-refractivity contribution in [1.82, 2.24) is 41.5 Å². The summed E-state index contributed by atoms with van der Waals surface area (Å²) < 4.78 is 31.7. The fourth-order valence-corrected chi connectivity index (χ4v) is 6.82. The summed E-state index contributed by atoms with van der Waals surface area (Å²) in [6, 6.07) is -7.46. The molecule has 8 atom stereocenters. The van der Waals surface area contributed by atoms with E-state index in [1.54, 1.807) is 6.92 Å². The third-order valence-electron chi connectivity index (χ3n) is 10.0. The number of nitrogens with one attached hydrogen (secondary N) is 6. The number of alkyl halides is 3. The molecule has 1 aliphatic rings. The number of amides is 6. The van der Waals surface area contributed by atoms with Crippen LogP contribution < -0.4 is 43.8 Å². The summed E-state index contributed by atoms with van der Waals surface area (Å²) in [5.41, 5.74) is 16.9. The molecule has 0 unspecified atom stereocenters. The maximum Gasteiger partial charge on any atom is 0.490 e. The monoisotopic (exact) mass is 950 g/mol. The Morgan fingerprint density at radius 2 is 1.51 bits per heavy atom. The molecule has 0 bridgehead atoms. The molecule has 26 heteroatoms. The van der Waals surface area contributed by atoms with E-state index in [1.165, 1.54) is 36.1 Å². The first-order valence-corrected chi connectivity index (χ1v) is 22.4. The van der Waals surface area contributed by atoms with Crippen molar-refractivity contribution < 1.29 is 61.7 Å². The Labute approximate surface area is 379 Å². The van der Waals surface area contributed by atoms with Gasteiger partial charge in [0.2, 0.25) is 35.4 Å². The third kappa shape index (κ3) is 20.8. The predicted molar refractivity (Wildman–Crippen MR) is 233 cm³/mol. The quantitative estimate of drug-likeness (QED) is 0.0329. The number of aromatic amines is 1. The van der Waals surface area contributed by atoms with Gasteiger partial charge in [0.05, 0.1) is 12.4 Å². The molecule has 22 nitrogen and oxygen atoms in total. The lowest BCUT2D eigenvalue weighted by atomic mass is 9.96. The van der Waals surface area contributed by atoms with Crippen LogP contribution in [0.2, 0.25) is 0 Å². The van der Waals surface area contributed by atoms with Crippen molar-refractivity contribution in [2.45, 2.75) is 134 Å². The number of rotatable bonds is 25. The number of aromatic nitrogens is 2. The topological polar surface area (TPSA) is 360 Å². The van der Waals surface area contributed by atoms with E-state index in [1.807, 2.05) is 27.0 Å². The van der Waals surface area contributed by atoms with Gasteiger partial charge in [0.15, 0.2) is 5.96 Å². The number of hydrogen-bond acceptors (Lipinski definition) is 12. The fraction of sp³-hybridized carbons (Fsp3) is 0.692. The number of carbonyl (C=O) groups excluding carboxylic acids is 6. The van der Waals surface area contributed by atoms with E-state index in [2.05, 4.69) is 41.5 Å². The maximum absolute atomic E-state index is 14.0. The zero-order chi connectivity index (χ0) is 49.6. The molecule has 1 aromatic rings. The summed E-state index contributed by atoms with van der Waals surface area (Å²) in [7, 11) is 0. The van der Waals surface area contributed by atoms with Crippen LogP contribution in [0.25, 0.3) is 0 Å². The van der Waals surface area contributed by atoms with Crippen LogP contribution in [0.1, 0.15) is 85.3 Å². The summed E-state index contributed by atoms with van der Waals surface area (Å²) in [5, 5.41) is 30.4. The molecule has 368 valence electrons. The lowest BCUT2D eigenvalue weighted by Gasteiger charge is -2.31. The molecule has 2 heterocycles. The van der Waals surface area contributed by atoms with Crippen molar-refractivity contribution in [3.8, 4) is 0 Å². The summed E-state index contributed by atoms with van der Waals surface area (Å²) in [5.74, 6) is -7.68. The van der Waals surface area contributed by atoms with Crippen LogP contribution in [-0.4, -0.2) is 152 Å². The largest absolute Gasteiger partial charge is 0.490 e. The van der Waals surface area contributed by atoms with E-state index in [0.717, 1.165) is 0 Å². The normalized spacial score (nSPS) is 16.8. The number of imidazole rings is 1. The number of aliphatic imine (C=N–C) groups is 1. The first kappa shape index (κ1) is 57.4. The van der Waals surface area contributed by atoms with Crippen LogP contribution >= 0.6 is 11.8 Å². The summed E-state index contributed by atoms with van der Waals surface area (Å²) in [4.78, 5) is 115. The average molecular weight is 951 g/mol. The van der Waals surface area contributed by atoms with E-state index in [0.29, 0.717) is 37.1 Å². The molecule has 0 saturated carbocycles. The zero-order valence-electron chi connectivity index (χ0n) is 37.4. The first-order chi connectivity index (χ1) is 30.3. The minimum Gasteiger partial charge on any atom is -0.480 e. The van der Waals surface area contributed by atoms with Crippen LogP contribution in [-0.2, 0) is 44.8 Å². The van der Waals surface area contributed by atoms with Crippen molar-refractivity contribution in [3.63, 3.8) is 0 Å². The standard InChI is InChI=1S/C37H64N12O8S.C2HF3O2/c1-7-21(4)29(34(54)45-25(36(56)57)10-8-13-42-37(39)40)48-32(52)26(17-23-18-41-19-43-23)46-31(51)24(12-15-58-6)44-33(53)28-11-9-14-49(28)35(55)27(16-20(2)3)47-30(50)22(5)38;3-2(4,5)1(6)7/h18-22,24-29H,7-17,38H2,1-6H3,(H,41,43)(H,44,53)(H,45,54)(H,46,51)(H,47,50)(H,48,52)(H,56,57)(H4,39,40,42);(H,6,7)/t21-,22-,24-,25-,26-,27-,28-,29-;/m0./s1. The molecule has 1 aliphatic heterocycles. The van der Waals surface area contributed by atoms with Crippen molar-refractivity contribution >= 4 is 65.1 Å². The number of hydrogen-bond donors (Lipinski definition) is 11. The van der Waals surface area contributed by atoms with Crippen LogP contribution in [0.3, 0.4) is 0 Å². The highest BCUT2D eigenvalue weighted by molar-refractivity contribution is 7.98. The highest BCUT2D eigenvalue weighted by Crippen LogP contribution is 2.21. The Kier molecular flexibility index (Phi) is 25.0. The number of likely N-dealkylation sites (tertiary alicyclic amines) is 1. The predicted octanol–water partition coefficient (Wildman–Crippen LogP) is -0.669. The SMILES string of the molecule is CC[C@H](C)[C@H](NC(=O)[C@H](Cc1cnc[nH]1)NC(=O)[C@H](CCSC)NC(=O)[C@@H]1CCCN1C(=O)[C@H](CC(C)C)NC(=O)[C@H](C)N)C(=O)N[C@@H](CCCN=C(N)N)C(=O)O.O=C(O)C(F)(F)F. The summed E-state index contributed by atoms with van der Waals surface area (Å²) >= 11 is 1.45. The van der Waals surface area contributed by atoms with E-state index >= 15 is 0 Å². The molecule has 0 radical (unpaired) electrons. The lowest BCUT2D eigenvalue weighted by molar-refractivity contribution is -0.192. The maximum atomic E-state index is 14.0. The molecule has 0 spiro atoms. The van der Waals surface area contributed by atoms with Gasteiger partial charge in [-0.2, -0.15) is 24.9 Å². The Morgan fingerprint density at radius 3 is 2.02 bits per heavy atom. The minimum atomic E-state index is -5.08. The molecular formula is C39H65F3N12O10S. The third-order valence-corrected chi connectivity index (χ3v) is 10.7. The number of carboxylic acid groups (broad SMARTS) is 2. The first-order valence-electron chi connectivity index (χ1n) is 21.0. The van der Waals surface area contributed by atoms with Crippen LogP contribution in [0, 0.1) is 11.8 Å². The Balaban J connectivity index is 0.00000277. The van der Waals surface area contributed by atoms with Gasteiger partial charge in [-0.3, -0.25) is 33.8 Å². The van der Waals surface area contributed by atoms with Gasteiger partial charge in [-0.05, 0) is 69.3 Å². The summed E-state index contributed by atoms with van der Waals surface area (Å²) in [6.07, 6.45) is 1.71. The smallest absolute Gasteiger partial charge is 0.480 e. The number of nitrogens with zero attached hydrogens (tertiary/aromatic N) is 3. The molecule has 2 rings (SSSR count). The molecule has 1 fully saturated rings. The van der Waals surface area contributed by atoms with Crippen LogP contribution in [0.4, 0.5) is 13.2 Å². The van der Waals surface area contributed by atoms with Crippen LogP contribution in [0.15, 0.2) is 17.5 Å². The number of thioether (sulfide) groups is 1. The molecule has 65 heavy (non-hydrogen) atoms. The van der Waals surface area contributed by atoms with Gasteiger partial charge in [-0.25, -0.2) is 14.6 Å². The molecular weight excluding hydrogens is 886 g/mol.